The number of aromatic carboxylic acids is 1. The Kier molecular flexibility index (Phi) is 4.47. The second kappa shape index (κ2) is 6.11. The number of hydrogen-bond acceptors (Lipinski definition) is 3. The van der Waals surface area contributed by atoms with Gasteiger partial charge in [-0.2, -0.15) is 0 Å². The highest BCUT2D eigenvalue weighted by molar-refractivity contribution is 6.33. The Labute approximate surface area is 122 Å². The maximum absolute atomic E-state index is 10.9. The lowest BCUT2D eigenvalue weighted by atomic mass is 10.1. The lowest BCUT2D eigenvalue weighted by Gasteiger charge is -2.16. The molecule has 20 heavy (non-hydrogen) atoms. The van der Waals surface area contributed by atoms with Gasteiger partial charge in [-0.15, -0.1) is 0 Å². The highest BCUT2D eigenvalue weighted by atomic mass is 35.5. The summed E-state index contributed by atoms with van der Waals surface area (Å²) in [7, 11) is 1.99. The smallest absolute Gasteiger partial charge is 0.337 e. The standard InChI is InChI=1S/C15H16ClNO3/c1-10-12(5-6-20-10)9-17(2)8-11-3-4-13(15(18)19)14(16)7-11/h3-7H,8-9H2,1-2H3,(H,18,19). The van der Waals surface area contributed by atoms with Gasteiger partial charge < -0.3 is 9.52 Å². The number of carboxylic acid groups (broad SMARTS) is 1. The predicted molar refractivity (Wildman–Crippen MR) is 77.0 cm³/mol. The SMILES string of the molecule is Cc1occc1CN(C)Cc1ccc(C(=O)O)c(Cl)c1. The van der Waals surface area contributed by atoms with Crippen molar-refractivity contribution >= 4 is 17.6 Å². The third-order valence-corrected chi connectivity index (χ3v) is 3.44. The summed E-state index contributed by atoms with van der Waals surface area (Å²) in [6.07, 6.45) is 1.68. The van der Waals surface area contributed by atoms with Crippen LogP contribution in [-0.4, -0.2) is 23.0 Å². The lowest BCUT2D eigenvalue weighted by molar-refractivity contribution is 0.0697. The van der Waals surface area contributed by atoms with Crippen molar-refractivity contribution in [2.45, 2.75) is 20.0 Å². The molecule has 5 heteroatoms. The predicted octanol–water partition coefficient (Wildman–Crippen LogP) is 3.57. The maximum atomic E-state index is 10.9. The highest BCUT2D eigenvalue weighted by Crippen LogP contribution is 2.19. The third-order valence-electron chi connectivity index (χ3n) is 3.12. The van der Waals surface area contributed by atoms with Gasteiger partial charge in [0.15, 0.2) is 0 Å². The van der Waals surface area contributed by atoms with E-state index in [4.69, 9.17) is 21.1 Å². The first kappa shape index (κ1) is 14.6. The normalized spacial score (nSPS) is 11.0. The van der Waals surface area contributed by atoms with Crippen molar-refractivity contribution in [3.63, 3.8) is 0 Å². The van der Waals surface area contributed by atoms with Crippen LogP contribution in [0.15, 0.2) is 34.9 Å². The van der Waals surface area contributed by atoms with E-state index in [1.807, 2.05) is 20.0 Å². The molecular weight excluding hydrogens is 278 g/mol. The van der Waals surface area contributed by atoms with Gasteiger partial charge in [0.05, 0.1) is 16.8 Å². The van der Waals surface area contributed by atoms with E-state index in [1.165, 1.54) is 6.07 Å². The number of halogens is 1. The van der Waals surface area contributed by atoms with E-state index in [0.717, 1.165) is 23.4 Å². The zero-order chi connectivity index (χ0) is 14.7. The minimum atomic E-state index is -1.01. The van der Waals surface area contributed by atoms with Gasteiger partial charge in [0.1, 0.15) is 5.76 Å². The third kappa shape index (κ3) is 3.40. The molecule has 0 saturated heterocycles. The fourth-order valence-corrected chi connectivity index (χ4v) is 2.35. The number of carbonyl (C=O) groups is 1. The number of benzene rings is 1. The zero-order valence-corrected chi connectivity index (χ0v) is 12.1. The van der Waals surface area contributed by atoms with E-state index in [1.54, 1.807) is 18.4 Å². The first-order valence-electron chi connectivity index (χ1n) is 6.20. The Morgan fingerprint density at radius 1 is 1.35 bits per heavy atom. The van der Waals surface area contributed by atoms with Crippen molar-refractivity contribution in [3.8, 4) is 0 Å². The van der Waals surface area contributed by atoms with Crippen LogP contribution in [0.4, 0.5) is 0 Å². The van der Waals surface area contributed by atoms with Crippen LogP contribution in [0.5, 0.6) is 0 Å². The summed E-state index contributed by atoms with van der Waals surface area (Å²) in [5.41, 5.74) is 2.24. The van der Waals surface area contributed by atoms with Gasteiger partial charge in [0.25, 0.3) is 0 Å². The Bertz CT molecular complexity index is 621. The summed E-state index contributed by atoms with van der Waals surface area (Å²) in [5.74, 6) is -0.0972. The second-order valence-corrected chi connectivity index (χ2v) is 5.20. The van der Waals surface area contributed by atoms with E-state index in [-0.39, 0.29) is 10.6 Å². The zero-order valence-electron chi connectivity index (χ0n) is 11.4. The fraction of sp³-hybridized carbons (Fsp3) is 0.267. The molecule has 0 aliphatic heterocycles. The molecule has 106 valence electrons. The van der Waals surface area contributed by atoms with Crippen LogP contribution in [0.1, 0.15) is 27.2 Å². The maximum Gasteiger partial charge on any atom is 0.337 e. The molecule has 0 spiro atoms. The number of carboxylic acids is 1. The molecule has 0 radical (unpaired) electrons. The summed E-state index contributed by atoms with van der Waals surface area (Å²) >= 11 is 5.96. The summed E-state index contributed by atoms with van der Waals surface area (Å²) in [5, 5.41) is 9.20. The molecule has 0 aliphatic rings. The summed E-state index contributed by atoms with van der Waals surface area (Å²) < 4.78 is 5.26. The Morgan fingerprint density at radius 3 is 2.65 bits per heavy atom. The highest BCUT2D eigenvalue weighted by Gasteiger charge is 2.11. The molecule has 1 aromatic heterocycles. The Morgan fingerprint density at radius 2 is 2.10 bits per heavy atom. The van der Waals surface area contributed by atoms with Gasteiger partial charge in [-0.3, -0.25) is 4.90 Å². The molecule has 0 atom stereocenters. The van der Waals surface area contributed by atoms with Gasteiger partial charge in [0, 0.05) is 18.7 Å². The van der Waals surface area contributed by atoms with Crippen LogP contribution in [0.2, 0.25) is 5.02 Å². The van der Waals surface area contributed by atoms with E-state index in [0.29, 0.717) is 6.54 Å². The van der Waals surface area contributed by atoms with Crippen LogP contribution in [-0.2, 0) is 13.1 Å². The summed E-state index contributed by atoms with van der Waals surface area (Å²) in [4.78, 5) is 13.0. The van der Waals surface area contributed by atoms with Crippen LogP contribution in [0.25, 0.3) is 0 Å². The van der Waals surface area contributed by atoms with Gasteiger partial charge in [-0.25, -0.2) is 4.79 Å². The Balaban J connectivity index is 2.05. The minimum Gasteiger partial charge on any atom is -0.478 e. The van der Waals surface area contributed by atoms with E-state index in [2.05, 4.69) is 4.90 Å². The average Bonchev–Trinajstić information content (AvgIpc) is 2.74. The molecule has 1 heterocycles. The molecular formula is C15H16ClNO3. The van der Waals surface area contributed by atoms with Gasteiger partial charge in [-0.1, -0.05) is 17.7 Å². The molecule has 0 amide bonds. The minimum absolute atomic E-state index is 0.128. The summed E-state index contributed by atoms with van der Waals surface area (Å²) in [6.45, 7) is 3.38. The number of rotatable bonds is 5. The molecule has 2 rings (SSSR count). The molecule has 2 aromatic rings. The Hall–Kier alpha value is -1.78. The van der Waals surface area contributed by atoms with Crippen molar-refractivity contribution in [1.82, 2.24) is 4.90 Å². The quantitative estimate of drug-likeness (QED) is 0.915. The summed E-state index contributed by atoms with van der Waals surface area (Å²) in [6, 6.07) is 6.97. The van der Waals surface area contributed by atoms with Crippen molar-refractivity contribution in [2.75, 3.05) is 7.05 Å². The molecule has 4 nitrogen and oxygen atoms in total. The fourth-order valence-electron chi connectivity index (χ4n) is 2.06. The van der Waals surface area contributed by atoms with Crippen LogP contribution < -0.4 is 0 Å². The van der Waals surface area contributed by atoms with Crippen LogP contribution >= 0.6 is 11.6 Å². The molecule has 1 N–H and O–H groups in total. The monoisotopic (exact) mass is 293 g/mol. The number of nitrogens with zero attached hydrogens (tertiary/aromatic N) is 1. The topological polar surface area (TPSA) is 53.7 Å². The number of furan rings is 1. The van der Waals surface area contributed by atoms with Crippen molar-refractivity contribution in [1.29, 1.82) is 0 Å². The van der Waals surface area contributed by atoms with E-state index < -0.39 is 5.97 Å². The van der Waals surface area contributed by atoms with E-state index >= 15 is 0 Å². The second-order valence-electron chi connectivity index (χ2n) is 4.79. The molecule has 0 fully saturated rings. The van der Waals surface area contributed by atoms with Crippen LogP contribution in [0.3, 0.4) is 0 Å². The first-order chi connectivity index (χ1) is 9.47. The molecule has 0 saturated carbocycles. The van der Waals surface area contributed by atoms with Crippen molar-refractivity contribution < 1.29 is 14.3 Å². The molecule has 0 unspecified atom stereocenters. The van der Waals surface area contributed by atoms with Crippen molar-refractivity contribution in [2.24, 2.45) is 0 Å². The molecule has 1 aromatic carbocycles. The molecule has 0 bridgehead atoms. The van der Waals surface area contributed by atoms with Gasteiger partial charge >= 0.3 is 5.97 Å². The van der Waals surface area contributed by atoms with Gasteiger partial charge in [-0.05, 0) is 37.7 Å². The van der Waals surface area contributed by atoms with E-state index in [9.17, 15) is 4.79 Å². The lowest BCUT2D eigenvalue weighted by Crippen LogP contribution is -2.17. The van der Waals surface area contributed by atoms with Crippen molar-refractivity contribution in [3.05, 3.63) is 58.0 Å². The van der Waals surface area contributed by atoms with Crippen LogP contribution in [0, 0.1) is 6.92 Å². The number of hydrogen-bond donors (Lipinski definition) is 1. The number of aryl methyl sites for hydroxylation is 1. The largest absolute Gasteiger partial charge is 0.478 e. The molecule has 0 aliphatic carbocycles. The van der Waals surface area contributed by atoms with Gasteiger partial charge in [0.2, 0.25) is 0 Å². The average molecular weight is 294 g/mol. The first-order valence-corrected chi connectivity index (χ1v) is 6.58.